The molecule has 0 saturated carbocycles. The van der Waals surface area contributed by atoms with Crippen LogP contribution in [0.3, 0.4) is 0 Å². The van der Waals surface area contributed by atoms with Gasteiger partial charge in [0.15, 0.2) is 0 Å². The Morgan fingerprint density at radius 3 is 2.23 bits per heavy atom. The number of para-hydroxylation sites is 1. The van der Waals surface area contributed by atoms with Crippen LogP contribution in [0.25, 0.3) is 0 Å². The number of hydrogen-bond acceptors (Lipinski definition) is 3. The second-order valence-corrected chi connectivity index (χ2v) is 10.0. The summed E-state index contributed by atoms with van der Waals surface area (Å²) >= 11 is 0. The van der Waals surface area contributed by atoms with Crippen molar-refractivity contribution >= 4 is 5.69 Å². The Kier molecular flexibility index (Phi) is 5.43. The summed E-state index contributed by atoms with van der Waals surface area (Å²) in [4.78, 5) is 5.25. The number of fused-ring (bicyclic) bond motifs is 1. The van der Waals surface area contributed by atoms with Crippen molar-refractivity contribution < 1.29 is 4.74 Å². The Labute approximate surface area is 160 Å². The van der Waals surface area contributed by atoms with E-state index < -0.39 is 0 Å². The van der Waals surface area contributed by atoms with Gasteiger partial charge in [0.1, 0.15) is 0 Å². The molecule has 26 heavy (non-hydrogen) atoms. The zero-order valence-corrected chi connectivity index (χ0v) is 17.9. The molecule has 1 aromatic carbocycles. The molecule has 0 amide bonds. The minimum atomic E-state index is 0.172. The molecule has 2 heterocycles. The van der Waals surface area contributed by atoms with Crippen molar-refractivity contribution in [1.29, 1.82) is 0 Å². The molecule has 2 aliphatic rings. The first-order valence-electron chi connectivity index (χ1n) is 10.3. The van der Waals surface area contributed by atoms with Crippen LogP contribution in [0.5, 0.6) is 0 Å². The number of anilines is 1. The minimum absolute atomic E-state index is 0.172. The normalized spacial score (nSPS) is 28.1. The Hall–Kier alpha value is -1.06. The fourth-order valence-electron chi connectivity index (χ4n) is 4.95. The molecule has 3 atom stereocenters. The maximum atomic E-state index is 5.96. The lowest BCUT2D eigenvalue weighted by atomic mass is 9.79. The van der Waals surface area contributed by atoms with Crippen LogP contribution in [-0.4, -0.2) is 47.8 Å². The maximum Gasteiger partial charge on any atom is 0.0678 e. The molecule has 0 bridgehead atoms. The average Bonchev–Trinajstić information content (AvgIpc) is 2.53. The van der Waals surface area contributed by atoms with Gasteiger partial charge in [-0.3, -0.25) is 4.90 Å². The molecule has 2 aliphatic heterocycles. The van der Waals surface area contributed by atoms with Crippen LogP contribution in [0.2, 0.25) is 0 Å². The number of morpholine rings is 1. The second kappa shape index (κ2) is 7.16. The first-order chi connectivity index (χ1) is 12.1. The highest BCUT2D eigenvalue weighted by Gasteiger charge is 2.38. The molecular weight excluding hydrogens is 320 g/mol. The van der Waals surface area contributed by atoms with Crippen molar-refractivity contribution in [1.82, 2.24) is 4.90 Å². The maximum absolute atomic E-state index is 5.96. The van der Waals surface area contributed by atoms with E-state index in [0.717, 1.165) is 19.6 Å². The van der Waals surface area contributed by atoms with Gasteiger partial charge in [-0.25, -0.2) is 0 Å². The molecule has 3 unspecified atom stereocenters. The summed E-state index contributed by atoms with van der Waals surface area (Å²) in [6, 6.07) is 9.08. The summed E-state index contributed by atoms with van der Waals surface area (Å²) in [7, 11) is 0. The molecule has 3 heteroatoms. The third-order valence-electron chi connectivity index (χ3n) is 6.20. The molecule has 3 nitrogen and oxygen atoms in total. The molecule has 3 rings (SSSR count). The fourth-order valence-corrected chi connectivity index (χ4v) is 4.95. The minimum Gasteiger partial charge on any atom is -0.373 e. The standard InChI is InChI=1S/C23H38N2O/c1-17-15-24(16-18(2)26-17)23(6,7)14-19-12-13-25(22(3,4)5)21-11-9-8-10-20(19)21/h8-11,17-19H,12-16H2,1-7H3. The highest BCUT2D eigenvalue weighted by atomic mass is 16.5. The van der Waals surface area contributed by atoms with Gasteiger partial charge < -0.3 is 9.64 Å². The molecule has 0 aliphatic carbocycles. The highest BCUT2D eigenvalue weighted by molar-refractivity contribution is 5.58. The topological polar surface area (TPSA) is 15.7 Å². The van der Waals surface area contributed by atoms with Crippen molar-refractivity contribution in [2.45, 2.75) is 90.5 Å². The van der Waals surface area contributed by atoms with Crippen LogP contribution < -0.4 is 4.90 Å². The van der Waals surface area contributed by atoms with Crippen molar-refractivity contribution in [3.8, 4) is 0 Å². The molecule has 0 N–H and O–H groups in total. The highest BCUT2D eigenvalue weighted by Crippen LogP contribution is 2.43. The fraction of sp³-hybridized carbons (Fsp3) is 0.739. The third kappa shape index (κ3) is 4.09. The van der Waals surface area contributed by atoms with Crippen LogP contribution in [0.1, 0.15) is 72.8 Å². The van der Waals surface area contributed by atoms with Crippen molar-refractivity contribution in [2.75, 3.05) is 24.5 Å². The predicted octanol–water partition coefficient (Wildman–Crippen LogP) is 5.06. The Morgan fingerprint density at radius 1 is 1.00 bits per heavy atom. The molecule has 0 radical (unpaired) electrons. The largest absolute Gasteiger partial charge is 0.373 e. The molecule has 0 spiro atoms. The molecule has 0 aromatic heterocycles. The van der Waals surface area contributed by atoms with Gasteiger partial charge in [-0.1, -0.05) is 18.2 Å². The van der Waals surface area contributed by atoms with Crippen LogP contribution in [-0.2, 0) is 4.74 Å². The van der Waals surface area contributed by atoms with Gasteiger partial charge in [-0.05, 0) is 78.9 Å². The molecule has 1 fully saturated rings. The lowest BCUT2D eigenvalue weighted by Gasteiger charge is -2.49. The van der Waals surface area contributed by atoms with E-state index in [4.69, 9.17) is 4.74 Å². The smallest absolute Gasteiger partial charge is 0.0678 e. The van der Waals surface area contributed by atoms with E-state index in [1.165, 1.54) is 24.1 Å². The average molecular weight is 359 g/mol. The first kappa shape index (κ1) is 19.7. The van der Waals surface area contributed by atoms with Crippen LogP contribution in [0, 0.1) is 0 Å². The van der Waals surface area contributed by atoms with Crippen LogP contribution >= 0.6 is 0 Å². The van der Waals surface area contributed by atoms with E-state index >= 15 is 0 Å². The van der Waals surface area contributed by atoms with E-state index in [1.807, 2.05) is 0 Å². The number of hydrogen-bond donors (Lipinski definition) is 0. The summed E-state index contributed by atoms with van der Waals surface area (Å²) in [5.74, 6) is 0.633. The lowest BCUT2D eigenvalue weighted by Crippen LogP contribution is -2.55. The van der Waals surface area contributed by atoms with Crippen molar-refractivity contribution in [2.24, 2.45) is 0 Å². The molecule has 146 valence electrons. The summed E-state index contributed by atoms with van der Waals surface area (Å²) in [5.41, 5.74) is 3.34. The monoisotopic (exact) mass is 358 g/mol. The van der Waals surface area contributed by atoms with Crippen LogP contribution in [0.4, 0.5) is 5.69 Å². The summed E-state index contributed by atoms with van der Waals surface area (Å²) in [6.45, 7) is 19.5. The molecule has 1 saturated heterocycles. The zero-order chi connectivity index (χ0) is 19.1. The molecular formula is C23H38N2O. The van der Waals surface area contributed by atoms with Gasteiger partial charge in [0, 0.05) is 36.4 Å². The SMILES string of the molecule is CC1CN(C(C)(C)CC2CCN(C(C)(C)C)c3ccccc32)CC(C)O1. The van der Waals surface area contributed by atoms with Crippen LogP contribution in [0.15, 0.2) is 24.3 Å². The van der Waals surface area contributed by atoms with Gasteiger partial charge in [-0.2, -0.15) is 0 Å². The summed E-state index contributed by atoms with van der Waals surface area (Å²) < 4.78 is 5.96. The number of nitrogens with zero attached hydrogens (tertiary/aromatic N) is 2. The third-order valence-corrected chi connectivity index (χ3v) is 6.20. The Morgan fingerprint density at radius 2 is 1.62 bits per heavy atom. The Balaban J connectivity index is 1.81. The second-order valence-electron chi connectivity index (χ2n) is 10.0. The van der Waals surface area contributed by atoms with E-state index in [2.05, 4.69) is 82.5 Å². The lowest BCUT2D eigenvalue weighted by molar-refractivity contribution is -0.0982. The molecule has 1 aromatic rings. The van der Waals surface area contributed by atoms with E-state index in [1.54, 1.807) is 0 Å². The van der Waals surface area contributed by atoms with Gasteiger partial charge in [-0.15, -0.1) is 0 Å². The van der Waals surface area contributed by atoms with E-state index in [-0.39, 0.29) is 11.1 Å². The van der Waals surface area contributed by atoms with E-state index in [9.17, 15) is 0 Å². The van der Waals surface area contributed by atoms with Gasteiger partial charge in [0.2, 0.25) is 0 Å². The number of ether oxygens (including phenoxy) is 1. The van der Waals surface area contributed by atoms with Gasteiger partial charge >= 0.3 is 0 Å². The Bertz CT molecular complexity index is 609. The summed E-state index contributed by atoms with van der Waals surface area (Å²) in [5, 5.41) is 0. The van der Waals surface area contributed by atoms with E-state index in [0.29, 0.717) is 18.1 Å². The first-order valence-corrected chi connectivity index (χ1v) is 10.3. The van der Waals surface area contributed by atoms with Gasteiger partial charge in [0.05, 0.1) is 12.2 Å². The number of benzene rings is 1. The van der Waals surface area contributed by atoms with Gasteiger partial charge in [0.25, 0.3) is 0 Å². The quantitative estimate of drug-likeness (QED) is 0.751. The number of rotatable bonds is 3. The summed E-state index contributed by atoms with van der Waals surface area (Å²) in [6.07, 6.45) is 3.11. The predicted molar refractivity (Wildman–Crippen MR) is 111 cm³/mol. The van der Waals surface area contributed by atoms with Crippen molar-refractivity contribution in [3.63, 3.8) is 0 Å². The zero-order valence-electron chi connectivity index (χ0n) is 17.9. The van der Waals surface area contributed by atoms with Crippen molar-refractivity contribution in [3.05, 3.63) is 29.8 Å².